The Morgan fingerprint density at radius 1 is 1.17 bits per heavy atom. The third kappa shape index (κ3) is 4.29. The van der Waals surface area contributed by atoms with Gasteiger partial charge in [0.05, 0.1) is 6.61 Å². The minimum absolute atomic E-state index is 0.0422. The molecule has 0 aromatic heterocycles. The molecule has 0 spiro atoms. The van der Waals surface area contributed by atoms with Gasteiger partial charge in [-0.2, -0.15) is 0 Å². The van der Waals surface area contributed by atoms with Crippen molar-refractivity contribution in [1.29, 1.82) is 0 Å². The summed E-state index contributed by atoms with van der Waals surface area (Å²) in [6, 6.07) is 3.95. The minimum atomic E-state index is -0.727. The molecule has 1 N–H and O–H groups in total. The number of carbonyl (C=O) groups excluding carboxylic acids is 1. The Morgan fingerprint density at radius 3 is 2.25 bits per heavy atom. The summed E-state index contributed by atoms with van der Waals surface area (Å²) >= 11 is 0. The lowest BCUT2D eigenvalue weighted by atomic mass is 9.98. The van der Waals surface area contributed by atoms with E-state index in [-0.39, 0.29) is 5.91 Å². The fourth-order valence-electron chi connectivity index (χ4n) is 3.03. The van der Waals surface area contributed by atoms with Crippen molar-refractivity contribution in [2.75, 3.05) is 18.5 Å². The summed E-state index contributed by atoms with van der Waals surface area (Å²) in [7, 11) is 0. The van der Waals surface area contributed by atoms with E-state index in [1.165, 1.54) is 0 Å². The molecule has 0 bridgehead atoms. The maximum absolute atomic E-state index is 12.8. The van der Waals surface area contributed by atoms with Gasteiger partial charge in [0.1, 0.15) is 11.4 Å². The maximum Gasteiger partial charge on any atom is 0.256 e. The molecule has 1 aromatic rings. The van der Waals surface area contributed by atoms with Crippen LogP contribution in [0.15, 0.2) is 12.1 Å². The molecule has 24 heavy (non-hydrogen) atoms. The first kappa shape index (κ1) is 18.8. The summed E-state index contributed by atoms with van der Waals surface area (Å²) in [5, 5.41) is 3.06. The van der Waals surface area contributed by atoms with E-state index in [1.54, 1.807) is 0 Å². The van der Waals surface area contributed by atoms with E-state index in [2.05, 4.69) is 19.2 Å². The van der Waals surface area contributed by atoms with E-state index in [1.807, 2.05) is 32.9 Å². The quantitative estimate of drug-likeness (QED) is 0.717. The van der Waals surface area contributed by atoms with Crippen molar-refractivity contribution in [3.63, 3.8) is 0 Å². The van der Waals surface area contributed by atoms with Crippen LogP contribution in [0.3, 0.4) is 0 Å². The first-order valence-corrected chi connectivity index (χ1v) is 9.11. The molecule has 1 aliphatic rings. The van der Waals surface area contributed by atoms with Gasteiger partial charge in [-0.05, 0) is 75.6 Å². The van der Waals surface area contributed by atoms with Crippen molar-refractivity contribution in [3.8, 4) is 5.75 Å². The highest BCUT2D eigenvalue weighted by Gasteiger charge is 2.48. The monoisotopic (exact) mass is 333 g/mol. The fourth-order valence-corrected chi connectivity index (χ4v) is 3.03. The molecular weight excluding hydrogens is 302 g/mol. The summed E-state index contributed by atoms with van der Waals surface area (Å²) < 4.78 is 11.7. The molecule has 1 saturated carbocycles. The van der Waals surface area contributed by atoms with Crippen molar-refractivity contribution >= 4 is 11.6 Å². The Hall–Kier alpha value is -1.55. The molecule has 1 aliphatic carbocycles. The van der Waals surface area contributed by atoms with Crippen LogP contribution in [0.4, 0.5) is 5.69 Å². The Bertz CT molecular complexity index is 557. The molecule has 1 aromatic carbocycles. The van der Waals surface area contributed by atoms with Crippen LogP contribution in [0.5, 0.6) is 5.75 Å². The maximum atomic E-state index is 12.8. The third-order valence-corrected chi connectivity index (χ3v) is 4.58. The highest BCUT2D eigenvalue weighted by atomic mass is 16.5. The second-order valence-corrected chi connectivity index (χ2v) is 6.97. The Morgan fingerprint density at radius 2 is 1.75 bits per heavy atom. The molecule has 134 valence electrons. The number of anilines is 1. The van der Waals surface area contributed by atoms with Gasteiger partial charge in [0.2, 0.25) is 0 Å². The molecule has 0 heterocycles. The summed E-state index contributed by atoms with van der Waals surface area (Å²) in [5.41, 5.74) is 2.17. The normalized spacial score (nSPS) is 16.5. The molecule has 4 nitrogen and oxygen atoms in total. The largest absolute Gasteiger partial charge is 0.493 e. The van der Waals surface area contributed by atoms with Crippen LogP contribution in [-0.4, -0.2) is 24.7 Å². The first-order chi connectivity index (χ1) is 11.4. The molecule has 0 unspecified atom stereocenters. The zero-order valence-corrected chi connectivity index (χ0v) is 15.7. The van der Waals surface area contributed by atoms with Crippen molar-refractivity contribution in [2.45, 2.75) is 65.9 Å². The van der Waals surface area contributed by atoms with E-state index in [9.17, 15) is 4.79 Å². The fraction of sp³-hybridized carbons (Fsp3) is 0.650. The minimum Gasteiger partial charge on any atom is -0.493 e. The van der Waals surface area contributed by atoms with Gasteiger partial charge in [-0.1, -0.05) is 13.8 Å². The van der Waals surface area contributed by atoms with Crippen molar-refractivity contribution in [2.24, 2.45) is 5.92 Å². The molecule has 1 atom stereocenters. The highest BCUT2D eigenvalue weighted by molar-refractivity contribution is 5.97. The highest BCUT2D eigenvalue weighted by Crippen LogP contribution is 2.42. The van der Waals surface area contributed by atoms with Crippen LogP contribution in [0.1, 0.15) is 57.6 Å². The number of rotatable bonds is 9. The smallest absolute Gasteiger partial charge is 0.256 e. The Kier molecular flexibility index (Phi) is 6.27. The number of carbonyl (C=O) groups is 1. The number of hydrogen-bond acceptors (Lipinski definition) is 3. The molecule has 1 fully saturated rings. The van der Waals surface area contributed by atoms with E-state index in [4.69, 9.17) is 9.47 Å². The first-order valence-electron chi connectivity index (χ1n) is 9.11. The van der Waals surface area contributed by atoms with Gasteiger partial charge in [-0.25, -0.2) is 0 Å². The zero-order valence-electron chi connectivity index (χ0n) is 15.7. The molecule has 0 radical (unpaired) electrons. The van der Waals surface area contributed by atoms with Crippen LogP contribution in [-0.2, 0) is 9.53 Å². The SMILES string of the molecule is CCCOc1c(C)cc(NC(=O)[C@](C)(OCCC)C2CC2)cc1C. The Labute approximate surface area is 145 Å². The lowest BCUT2D eigenvalue weighted by Crippen LogP contribution is -2.45. The van der Waals surface area contributed by atoms with E-state index in [0.29, 0.717) is 19.1 Å². The van der Waals surface area contributed by atoms with Gasteiger partial charge >= 0.3 is 0 Å². The number of hydrogen-bond donors (Lipinski definition) is 1. The average molecular weight is 333 g/mol. The van der Waals surface area contributed by atoms with Gasteiger partial charge in [0.25, 0.3) is 5.91 Å². The standard InChI is InChI=1S/C20H31NO3/c1-6-10-23-18-14(3)12-17(13-15(18)4)21-19(22)20(5,16-8-9-16)24-11-7-2/h12-13,16H,6-11H2,1-5H3,(H,21,22)/t20-/m1/s1. The van der Waals surface area contributed by atoms with Gasteiger partial charge in [-0.15, -0.1) is 0 Å². The second-order valence-electron chi connectivity index (χ2n) is 6.97. The topological polar surface area (TPSA) is 47.6 Å². The van der Waals surface area contributed by atoms with Crippen molar-refractivity contribution < 1.29 is 14.3 Å². The Balaban J connectivity index is 2.13. The molecule has 0 aliphatic heterocycles. The molecule has 1 amide bonds. The van der Waals surface area contributed by atoms with E-state index >= 15 is 0 Å². The van der Waals surface area contributed by atoms with E-state index in [0.717, 1.165) is 48.2 Å². The lowest BCUT2D eigenvalue weighted by molar-refractivity contribution is -0.142. The average Bonchev–Trinajstić information content (AvgIpc) is 3.37. The summed E-state index contributed by atoms with van der Waals surface area (Å²) in [4.78, 5) is 12.8. The molecule has 4 heteroatoms. The van der Waals surface area contributed by atoms with Crippen LogP contribution in [0.2, 0.25) is 0 Å². The van der Waals surface area contributed by atoms with Crippen LogP contribution in [0.25, 0.3) is 0 Å². The van der Waals surface area contributed by atoms with Crippen LogP contribution < -0.4 is 10.1 Å². The predicted molar refractivity (Wildman–Crippen MR) is 97.7 cm³/mol. The number of ether oxygens (including phenoxy) is 2. The van der Waals surface area contributed by atoms with Gasteiger partial charge in [-0.3, -0.25) is 4.79 Å². The number of amides is 1. The zero-order chi connectivity index (χ0) is 17.7. The number of aryl methyl sites for hydroxylation is 2. The molecular formula is C20H31NO3. The van der Waals surface area contributed by atoms with Gasteiger partial charge in [0, 0.05) is 12.3 Å². The van der Waals surface area contributed by atoms with Gasteiger partial charge in [0.15, 0.2) is 0 Å². The molecule has 0 saturated heterocycles. The summed E-state index contributed by atoms with van der Waals surface area (Å²) in [6.45, 7) is 11.4. The lowest BCUT2D eigenvalue weighted by Gasteiger charge is -2.29. The number of nitrogens with one attached hydrogen (secondary N) is 1. The summed E-state index contributed by atoms with van der Waals surface area (Å²) in [5.74, 6) is 1.21. The third-order valence-electron chi connectivity index (χ3n) is 4.58. The summed E-state index contributed by atoms with van der Waals surface area (Å²) in [6.07, 6.45) is 4.02. The molecule has 2 rings (SSSR count). The predicted octanol–water partition coefficient (Wildman–Crippen LogP) is 4.63. The van der Waals surface area contributed by atoms with Crippen molar-refractivity contribution in [3.05, 3.63) is 23.3 Å². The van der Waals surface area contributed by atoms with Crippen LogP contribution in [0, 0.1) is 19.8 Å². The van der Waals surface area contributed by atoms with Gasteiger partial charge < -0.3 is 14.8 Å². The van der Waals surface area contributed by atoms with Crippen molar-refractivity contribution in [1.82, 2.24) is 0 Å². The number of benzene rings is 1. The second kappa shape index (κ2) is 8.02. The van der Waals surface area contributed by atoms with Crippen LogP contribution >= 0.6 is 0 Å². The van der Waals surface area contributed by atoms with E-state index < -0.39 is 5.60 Å².